The molecular weight excluding hydrogens is 372 g/mol. The molecule has 1 N–H and O–H groups in total. The van der Waals surface area contributed by atoms with E-state index in [0.29, 0.717) is 0 Å². The summed E-state index contributed by atoms with van der Waals surface area (Å²) in [5, 5.41) is 12.6. The zero-order valence-electron chi connectivity index (χ0n) is 19.5. The molecule has 1 heterocycles. The first kappa shape index (κ1) is 22.0. The van der Waals surface area contributed by atoms with E-state index in [1.807, 2.05) is 12.1 Å². The summed E-state index contributed by atoms with van der Waals surface area (Å²) in [5.74, 6) is 1.20. The molecule has 3 aromatic rings. The van der Waals surface area contributed by atoms with E-state index in [1.54, 1.807) is 0 Å². The fraction of sp³-hybridized carbons (Fsp3) is 0.458. The van der Waals surface area contributed by atoms with Gasteiger partial charge in [-0.15, -0.1) is 0 Å². The number of quaternary nitrogens is 1. The standard InChI is InChI=1S/C24H36N6/c1-8-30(7,9-2)15-14-25-20-10-12-22(18(3)16-20)27-26-21-11-13-23-24(17-21)29(6)19(4)28(23)5/h10-13,16-17,25H,8-9,14-15H2,1-7H3/q+2. The van der Waals surface area contributed by atoms with Crippen LogP contribution in [0.5, 0.6) is 0 Å². The van der Waals surface area contributed by atoms with Crippen molar-refractivity contribution in [1.82, 2.24) is 4.57 Å². The number of aryl methyl sites for hydroxylation is 3. The molecule has 1 aromatic heterocycles. The van der Waals surface area contributed by atoms with Crippen molar-refractivity contribution in [3.63, 3.8) is 0 Å². The van der Waals surface area contributed by atoms with Gasteiger partial charge in [0.05, 0.1) is 58.7 Å². The van der Waals surface area contributed by atoms with E-state index >= 15 is 0 Å². The highest BCUT2D eigenvalue weighted by Gasteiger charge is 2.16. The average Bonchev–Trinajstić information content (AvgIpc) is 2.96. The Kier molecular flexibility index (Phi) is 6.56. The minimum absolute atomic E-state index is 0.862. The maximum Gasteiger partial charge on any atom is 0.253 e. The molecule has 0 spiro atoms. The molecule has 0 aliphatic rings. The number of azo groups is 1. The maximum atomic E-state index is 4.51. The summed E-state index contributed by atoms with van der Waals surface area (Å²) >= 11 is 0. The molecule has 0 fully saturated rings. The smallest absolute Gasteiger partial charge is 0.253 e. The first-order valence-electron chi connectivity index (χ1n) is 10.8. The molecule has 0 bridgehead atoms. The highest BCUT2D eigenvalue weighted by molar-refractivity contribution is 5.76. The van der Waals surface area contributed by atoms with Crippen molar-refractivity contribution < 1.29 is 9.05 Å². The number of rotatable bonds is 8. The molecule has 30 heavy (non-hydrogen) atoms. The largest absolute Gasteiger partial charge is 0.379 e. The van der Waals surface area contributed by atoms with Gasteiger partial charge >= 0.3 is 0 Å². The van der Waals surface area contributed by atoms with Gasteiger partial charge in [0.1, 0.15) is 0 Å². The number of likely N-dealkylation sites (N-methyl/N-ethyl adjacent to an activating group) is 1. The van der Waals surface area contributed by atoms with Crippen molar-refractivity contribution in [3.05, 3.63) is 47.8 Å². The van der Waals surface area contributed by atoms with E-state index in [-0.39, 0.29) is 0 Å². The molecule has 6 nitrogen and oxygen atoms in total. The van der Waals surface area contributed by atoms with Crippen LogP contribution in [-0.2, 0) is 14.1 Å². The van der Waals surface area contributed by atoms with Crippen LogP contribution >= 0.6 is 0 Å². The summed E-state index contributed by atoms with van der Waals surface area (Å²) in [6, 6.07) is 12.5. The Morgan fingerprint density at radius 3 is 2.43 bits per heavy atom. The van der Waals surface area contributed by atoms with Gasteiger partial charge in [0.25, 0.3) is 5.82 Å². The minimum Gasteiger partial charge on any atom is -0.379 e. The van der Waals surface area contributed by atoms with Gasteiger partial charge in [0.15, 0.2) is 11.0 Å². The summed E-state index contributed by atoms with van der Waals surface area (Å²) < 4.78 is 5.46. The predicted octanol–water partition coefficient (Wildman–Crippen LogP) is 4.93. The Morgan fingerprint density at radius 2 is 1.77 bits per heavy atom. The van der Waals surface area contributed by atoms with Crippen LogP contribution in [0.25, 0.3) is 11.0 Å². The number of nitrogens with zero attached hydrogens (tertiary/aromatic N) is 5. The Hall–Kier alpha value is -2.73. The highest BCUT2D eigenvalue weighted by Crippen LogP contribution is 2.26. The van der Waals surface area contributed by atoms with Crippen LogP contribution < -0.4 is 9.88 Å². The van der Waals surface area contributed by atoms with Crippen LogP contribution in [0.1, 0.15) is 25.2 Å². The lowest BCUT2D eigenvalue weighted by molar-refractivity contribution is -0.904. The molecule has 0 saturated heterocycles. The van der Waals surface area contributed by atoms with E-state index in [4.69, 9.17) is 0 Å². The van der Waals surface area contributed by atoms with Crippen LogP contribution in [0, 0.1) is 13.8 Å². The van der Waals surface area contributed by atoms with Gasteiger partial charge in [-0.2, -0.15) is 10.2 Å². The van der Waals surface area contributed by atoms with Gasteiger partial charge in [0, 0.05) is 18.7 Å². The summed E-state index contributed by atoms with van der Waals surface area (Å²) in [6.07, 6.45) is 0. The minimum atomic E-state index is 0.862. The van der Waals surface area contributed by atoms with E-state index in [0.717, 1.165) is 58.8 Å². The number of nitrogens with one attached hydrogen (secondary N) is 1. The molecule has 2 aromatic carbocycles. The molecule has 0 radical (unpaired) electrons. The van der Waals surface area contributed by atoms with E-state index < -0.39 is 0 Å². The van der Waals surface area contributed by atoms with E-state index in [9.17, 15) is 0 Å². The monoisotopic (exact) mass is 408 g/mol. The second-order valence-electron chi connectivity index (χ2n) is 8.44. The fourth-order valence-electron chi connectivity index (χ4n) is 3.70. The van der Waals surface area contributed by atoms with Crippen LogP contribution in [0.3, 0.4) is 0 Å². The number of anilines is 1. The highest BCUT2D eigenvalue weighted by atomic mass is 15.3. The van der Waals surface area contributed by atoms with E-state index in [1.165, 1.54) is 11.3 Å². The zero-order valence-corrected chi connectivity index (χ0v) is 19.5. The molecule has 160 valence electrons. The molecule has 0 atom stereocenters. The number of imidazole rings is 1. The van der Waals surface area contributed by atoms with Crippen LogP contribution in [0.4, 0.5) is 17.1 Å². The van der Waals surface area contributed by atoms with Crippen molar-refractivity contribution in [2.45, 2.75) is 27.7 Å². The van der Waals surface area contributed by atoms with Gasteiger partial charge in [-0.05, 0) is 56.7 Å². The van der Waals surface area contributed by atoms with Crippen LogP contribution in [-0.4, -0.2) is 42.3 Å². The quantitative estimate of drug-likeness (QED) is 0.320. The molecule has 0 amide bonds. The number of benzene rings is 2. The Labute approximate surface area is 180 Å². The zero-order chi connectivity index (χ0) is 21.9. The van der Waals surface area contributed by atoms with Crippen molar-refractivity contribution >= 4 is 28.1 Å². The number of hydrogen-bond acceptors (Lipinski definition) is 3. The van der Waals surface area contributed by atoms with Crippen molar-refractivity contribution in [2.75, 3.05) is 38.5 Å². The lowest BCUT2D eigenvalue weighted by atomic mass is 10.2. The van der Waals surface area contributed by atoms with Crippen LogP contribution in [0.15, 0.2) is 46.6 Å². The molecule has 0 saturated carbocycles. The lowest BCUT2D eigenvalue weighted by Crippen LogP contribution is -2.46. The molecular formula is C24H36N6+2. The predicted molar refractivity (Wildman–Crippen MR) is 125 cm³/mol. The summed E-state index contributed by atoms with van der Waals surface area (Å²) in [7, 11) is 6.48. The van der Waals surface area contributed by atoms with Gasteiger partial charge in [-0.1, -0.05) is 0 Å². The Bertz CT molecular complexity index is 1060. The molecule has 3 rings (SSSR count). The van der Waals surface area contributed by atoms with Gasteiger partial charge in [-0.3, -0.25) is 0 Å². The third-order valence-corrected chi connectivity index (χ3v) is 6.63. The lowest BCUT2D eigenvalue weighted by Gasteiger charge is -2.32. The Morgan fingerprint density at radius 1 is 1.03 bits per heavy atom. The summed E-state index contributed by atoms with van der Waals surface area (Å²) in [4.78, 5) is 0. The van der Waals surface area contributed by atoms with Crippen molar-refractivity contribution in [3.8, 4) is 0 Å². The SMILES string of the molecule is CC[N+](C)(CC)CCNc1ccc(N=Nc2ccc3c(c2)n(C)c(C)[n+]3C)c(C)c1. The first-order chi connectivity index (χ1) is 14.3. The van der Waals surface area contributed by atoms with Gasteiger partial charge in [0.2, 0.25) is 0 Å². The van der Waals surface area contributed by atoms with Gasteiger partial charge in [-0.25, -0.2) is 9.13 Å². The topological polar surface area (TPSA) is 45.6 Å². The number of aromatic nitrogens is 2. The number of fused-ring (bicyclic) bond motifs is 1. The summed E-state index contributed by atoms with van der Waals surface area (Å²) in [5.41, 5.74) is 6.37. The maximum absolute atomic E-state index is 4.51. The Balaban J connectivity index is 1.71. The second kappa shape index (κ2) is 8.96. The van der Waals surface area contributed by atoms with Gasteiger partial charge < -0.3 is 9.80 Å². The molecule has 0 unspecified atom stereocenters. The first-order valence-corrected chi connectivity index (χ1v) is 10.8. The molecule has 0 aliphatic heterocycles. The fourth-order valence-corrected chi connectivity index (χ4v) is 3.70. The van der Waals surface area contributed by atoms with Crippen molar-refractivity contribution in [2.24, 2.45) is 24.3 Å². The summed E-state index contributed by atoms with van der Waals surface area (Å²) in [6.45, 7) is 13.1. The van der Waals surface area contributed by atoms with Crippen molar-refractivity contribution in [1.29, 1.82) is 0 Å². The number of hydrogen-bond donors (Lipinski definition) is 1. The average molecular weight is 409 g/mol. The normalized spacial score (nSPS) is 12.2. The second-order valence-corrected chi connectivity index (χ2v) is 8.44. The third-order valence-electron chi connectivity index (χ3n) is 6.63. The van der Waals surface area contributed by atoms with E-state index in [2.05, 4.69) is 97.8 Å². The van der Waals surface area contributed by atoms with Crippen LogP contribution in [0.2, 0.25) is 0 Å². The third kappa shape index (κ3) is 4.54. The molecule has 0 aliphatic carbocycles. The molecule has 6 heteroatoms.